The molecule has 0 unspecified atom stereocenters. The molecule has 2 aromatic heterocycles. The molecule has 0 saturated carbocycles. The van der Waals surface area contributed by atoms with Gasteiger partial charge in [0.15, 0.2) is 11.8 Å². The van der Waals surface area contributed by atoms with Crippen molar-refractivity contribution in [3.63, 3.8) is 0 Å². The first-order valence-electron chi connectivity index (χ1n) is 7.71. The minimum Gasteiger partial charge on any atom is -0.370 e. The topological polar surface area (TPSA) is 101 Å². The van der Waals surface area contributed by atoms with Crippen molar-refractivity contribution in [1.82, 2.24) is 29.6 Å². The molecule has 2 N–H and O–H groups in total. The maximum atomic E-state index is 6.11. The Balaban J connectivity index is 0.00000208. The van der Waals surface area contributed by atoms with Crippen molar-refractivity contribution in [2.45, 2.75) is 20.0 Å². The zero-order valence-corrected chi connectivity index (χ0v) is 15.9. The molecule has 24 heavy (non-hydrogen) atoms. The summed E-state index contributed by atoms with van der Waals surface area (Å²) >= 11 is 0. The summed E-state index contributed by atoms with van der Waals surface area (Å²) < 4.78 is 1.96. The van der Waals surface area contributed by atoms with Crippen LogP contribution in [0.5, 0.6) is 0 Å². The second kappa shape index (κ2) is 8.76. The molecule has 2 aromatic rings. The van der Waals surface area contributed by atoms with Crippen molar-refractivity contribution in [2.75, 3.05) is 31.1 Å². The lowest BCUT2D eigenvalue weighted by Crippen LogP contribution is -2.51. The number of halogens is 1. The van der Waals surface area contributed by atoms with Crippen LogP contribution in [0, 0.1) is 0 Å². The van der Waals surface area contributed by atoms with Gasteiger partial charge in [-0.3, -0.25) is 0 Å². The third kappa shape index (κ3) is 4.30. The third-order valence-corrected chi connectivity index (χ3v) is 3.86. The van der Waals surface area contributed by atoms with Crippen LogP contribution in [0.25, 0.3) is 0 Å². The van der Waals surface area contributed by atoms with Crippen molar-refractivity contribution in [3.05, 3.63) is 30.6 Å². The van der Waals surface area contributed by atoms with E-state index in [0.29, 0.717) is 12.5 Å². The van der Waals surface area contributed by atoms with Crippen LogP contribution < -0.4 is 10.6 Å². The lowest BCUT2D eigenvalue weighted by molar-refractivity contribution is 0.378. The van der Waals surface area contributed by atoms with Gasteiger partial charge in [0.25, 0.3) is 0 Å². The molecule has 0 aromatic carbocycles. The highest BCUT2D eigenvalue weighted by Gasteiger charge is 2.19. The second-order valence-electron chi connectivity index (χ2n) is 5.23. The predicted octanol–water partition coefficient (Wildman–Crippen LogP) is 0.343. The number of anilines is 1. The molecule has 130 valence electrons. The van der Waals surface area contributed by atoms with Gasteiger partial charge >= 0.3 is 0 Å². The quantitative estimate of drug-likeness (QED) is 0.413. The number of hydrogen-bond donors (Lipinski definition) is 1. The molecule has 0 amide bonds. The molecular weight excluding hydrogens is 421 g/mol. The van der Waals surface area contributed by atoms with Crippen molar-refractivity contribution in [3.8, 4) is 0 Å². The monoisotopic (exact) mass is 443 g/mol. The number of rotatable bonds is 4. The Hall–Kier alpha value is -1.98. The van der Waals surface area contributed by atoms with E-state index in [1.54, 1.807) is 18.7 Å². The Morgan fingerprint density at radius 1 is 1.21 bits per heavy atom. The SMILES string of the molecule is CCn1cnnc1CN=C(N)N1CCN(c2ncccn2)CC1.I. The van der Waals surface area contributed by atoms with Crippen LogP contribution in [0.4, 0.5) is 5.95 Å². The molecular formula is C14H22IN9. The summed E-state index contributed by atoms with van der Waals surface area (Å²) in [4.78, 5) is 17.2. The van der Waals surface area contributed by atoms with Crippen molar-refractivity contribution < 1.29 is 0 Å². The largest absolute Gasteiger partial charge is 0.370 e. The van der Waals surface area contributed by atoms with Gasteiger partial charge in [-0.1, -0.05) is 0 Å². The molecule has 10 heteroatoms. The number of piperazine rings is 1. The number of guanidine groups is 1. The zero-order chi connectivity index (χ0) is 16.1. The number of aromatic nitrogens is 5. The van der Waals surface area contributed by atoms with Crippen molar-refractivity contribution in [2.24, 2.45) is 10.7 Å². The van der Waals surface area contributed by atoms with Gasteiger partial charge in [-0.15, -0.1) is 34.2 Å². The summed E-state index contributed by atoms with van der Waals surface area (Å²) in [5.41, 5.74) is 6.11. The number of nitrogens with two attached hydrogens (primary N) is 1. The average Bonchev–Trinajstić information content (AvgIpc) is 3.08. The lowest BCUT2D eigenvalue weighted by atomic mass is 10.3. The molecule has 0 atom stereocenters. The lowest BCUT2D eigenvalue weighted by Gasteiger charge is -2.35. The molecule has 1 aliphatic heterocycles. The first kappa shape index (κ1) is 18.4. The van der Waals surface area contributed by atoms with E-state index in [1.807, 2.05) is 17.6 Å². The van der Waals surface area contributed by atoms with E-state index in [4.69, 9.17) is 5.73 Å². The zero-order valence-electron chi connectivity index (χ0n) is 13.6. The van der Waals surface area contributed by atoms with Gasteiger partial charge in [0.1, 0.15) is 12.9 Å². The highest BCUT2D eigenvalue weighted by Crippen LogP contribution is 2.09. The van der Waals surface area contributed by atoms with Crippen molar-refractivity contribution in [1.29, 1.82) is 0 Å². The van der Waals surface area contributed by atoms with E-state index in [9.17, 15) is 0 Å². The van der Waals surface area contributed by atoms with Crippen LogP contribution in [0.3, 0.4) is 0 Å². The van der Waals surface area contributed by atoms with Gasteiger partial charge in [-0.25, -0.2) is 15.0 Å². The normalized spacial score (nSPS) is 15.3. The van der Waals surface area contributed by atoms with Gasteiger partial charge in [-0.05, 0) is 13.0 Å². The van der Waals surface area contributed by atoms with Gasteiger partial charge in [0.2, 0.25) is 5.95 Å². The van der Waals surface area contributed by atoms with E-state index in [1.165, 1.54) is 0 Å². The summed E-state index contributed by atoms with van der Waals surface area (Å²) in [5.74, 6) is 2.13. The van der Waals surface area contributed by atoms with Gasteiger partial charge in [0.05, 0.1) is 0 Å². The highest BCUT2D eigenvalue weighted by molar-refractivity contribution is 14.0. The first-order chi connectivity index (χ1) is 11.3. The van der Waals surface area contributed by atoms with E-state index in [0.717, 1.165) is 44.5 Å². The van der Waals surface area contributed by atoms with Crippen LogP contribution in [-0.4, -0.2) is 61.8 Å². The summed E-state index contributed by atoms with van der Waals surface area (Å²) in [6.45, 7) is 6.57. The average molecular weight is 443 g/mol. The van der Waals surface area contributed by atoms with E-state index < -0.39 is 0 Å². The Bertz CT molecular complexity index is 649. The van der Waals surface area contributed by atoms with Crippen LogP contribution in [-0.2, 0) is 13.1 Å². The highest BCUT2D eigenvalue weighted by atomic mass is 127. The van der Waals surface area contributed by atoms with Gasteiger partial charge in [0, 0.05) is 45.1 Å². The standard InChI is InChI=1S/C14H21N9.HI/c1-2-21-11-19-20-12(21)10-18-13(15)22-6-8-23(9-7-22)14-16-4-3-5-17-14;/h3-5,11H,2,6-10H2,1H3,(H2,15,18);1H. The fourth-order valence-electron chi connectivity index (χ4n) is 2.51. The summed E-state index contributed by atoms with van der Waals surface area (Å²) in [7, 11) is 0. The van der Waals surface area contributed by atoms with E-state index >= 15 is 0 Å². The number of aryl methyl sites for hydroxylation is 1. The number of nitrogens with zero attached hydrogens (tertiary/aromatic N) is 8. The maximum absolute atomic E-state index is 6.11. The molecule has 0 radical (unpaired) electrons. The fraction of sp³-hybridized carbons (Fsp3) is 0.500. The molecule has 1 saturated heterocycles. The number of hydrogen-bond acceptors (Lipinski definition) is 6. The minimum atomic E-state index is 0. The third-order valence-electron chi connectivity index (χ3n) is 3.86. The Morgan fingerprint density at radius 3 is 2.58 bits per heavy atom. The minimum absolute atomic E-state index is 0. The molecule has 9 nitrogen and oxygen atoms in total. The van der Waals surface area contributed by atoms with Crippen LogP contribution >= 0.6 is 24.0 Å². The molecule has 3 heterocycles. The van der Waals surface area contributed by atoms with Gasteiger partial charge in [-0.2, -0.15) is 0 Å². The Labute approximate surface area is 158 Å². The Kier molecular flexibility index (Phi) is 6.70. The van der Waals surface area contributed by atoms with Crippen LogP contribution in [0.2, 0.25) is 0 Å². The van der Waals surface area contributed by atoms with Crippen LogP contribution in [0.1, 0.15) is 12.7 Å². The van der Waals surface area contributed by atoms with Gasteiger partial charge < -0.3 is 20.1 Å². The fourth-order valence-corrected chi connectivity index (χ4v) is 2.51. The maximum Gasteiger partial charge on any atom is 0.225 e. The molecule has 1 fully saturated rings. The second-order valence-corrected chi connectivity index (χ2v) is 5.23. The molecule has 0 aliphatic carbocycles. The molecule has 1 aliphatic rings. The first-order valence-corrected chi connectivity index (χ1v) is 7.71. The smallest absolute Gasteiger partial charge is 0.225 e. The Morgan fingerprint density at radius 2 is 1.92 bits per heavy atom. The molecule has 0 bridgehead atoms. The van der Waals surface area contributed by atoms with Crippen molar-refractivity contribution >= 4 is 35.9 Å². The summed E-state index contributed by atoms with van der Waals surface area (Å²) in [6.07, 6.45) is 5.22. The number of aliphatic imine (C=N–C) groups is 1. The predicted molar refractivity (Wildman–Crippen MR) is 102 cm³/mol. The summed E-state index contributed by atoms with van der Waals surface area (Å²) in [5, 5.41) is 7.96. The summed E-state index contributed by atoms with van der Waals surface area (Å²) in [6, 6.07) is 1.82. The van der Waals surface area contributed by atoms with E-state index in [-0.39, 0.29) is 24.0 Å². The molecule has 3 rings (SSSR count). The van der Waals surface area contributed by atoms with Crippen LogP contribution in [0.15, 0.2) is 29.8 Å². The van der Waals surface area contributed by atoms with E-state index in [2.05, 4.69) is 35.0 Å². The molecule has 0 spiro atoms.